The molecule has 10 nitrogen and oxygen atoms in total. The van der Waals surface area contributed by atoms with Gasteiger partial charge in [-0.05, 0) is 58.1 Å². The van der Waals surface area contributed by atoms with E-state index in [1.54, 1.807) is 11.7 Å². The Morgan fingerprint density at radius 1 is 1.08 bits per heavy atom. The number of piperidine rings is 2. The van der Waals surface area contributed by atoms with E-state index in [9.17, 15) is 14.4 Å². The minimum absolute atomic E-state index is 0.230. The first-order valence-electron chi connectivity index (χ1n) is 13.9. The molecule has 11 heteroatoms. The van der Waals surface area contributed by atoms with Crippen LogP contribution in [0.3, 0.4) is 0 Å². The van der Waals surface area contributed by atoms with Crippen molar-refractivity contribution in [3.63, 3.8) is 0 Å². The number of anilines is 1. The highest BCUT2D eigenvalue weighted by molar-refractivity contribution is 6.02. The van der Waals surface area contributed by atoms with Crippen LogP contribution in [0.25, 0.3) is 10.9 Å². The summed E-state index contributed by atoms with van der Waals surface area (Å²) >= 11 is 0. The topological polar surface area (TPSA) is 100 Å². The predicted molar refractivity (Wildman–Crippen MR) is 145 cm³/mol. The molecule has 39 heavy (non-hydrogen) atoms. The lowest BCUT2D eigenvalue weighted by molar-refractivity contribution is -0.134. The Bertz CT molecular complexity index is 1250. The number of amides is 3. The highest BCUT2D eigenvalue weighted by Gasteiger charge is 2.33. The molecule has 0 spiro atoms. The van der Waals surface area contributed by atoms with Crippen LogP contribution in [0.2, 0.25) is 0 Å². The summed E-state index contributed by atoms with van der Waals surface area (Å²) in [6.07, 6.45) is 2.32. The summed E-state index contributed by atoms with van der Waals surface area (Å²) in [4.78, 5) is 42.6. The van der Waals surface area contributed by atoms with E-state index in [-0.39, 0.29) is 30.1 Å². The Balaban J connectivity index is 1.18. The van der Waals surface area contributed by atoms with Crippen molar-refractivity contribution in [3.05, 3.63) is 23.6 Å². The molecule has 3 fully saturated rings. The molecule has 0 saturated carbocycles. The average Bonchev–Trinajstić information content (AvgIpc) is 3.18. The van der Waals surface area contributed by atoms with Gasteiger partial charge in [-0.1, -0.05) is 0 Å². The Morgan fingerprint density at radius 3 is 2.41 bits per heavy atom. The van der Waals surface area contributed by atoms with E-state index in [1.807, 2.05) is 31.7 Å². The number of aromatic nitrogens is 2. The summed E-state index contributed by atoms with van der Waals surface area (Å²) in [6.45, 7) is 11.2. The highest BCUT2D eigenvalue weighted by Crippen LogP contribution is 2.34. The van der Waals surface area contributed by atoms with Crippen molar-refractivity contribution in [2.24, 2.45) is 13.0 Å². The molecule has 212 valence electrons. The number of halogens is 1. The number of nitrogens with zero attached hydrogens (tertiary/aromatic N) is 5. The molecule has 0 bridgehead atoms. The van der Waals surface area contributed by atoms with Crippen LogP contribution in [-0.2, 0) is 21.4 Å². The van der Waals surface area contributed by atoms with Gasteiger partial charge in [-0.2, -0.15) is 5.10 Å². The van der Waals surface area contributed by atoms with Gasteiger partial charge in [0.2, 0.25) is 11.8 Å². The minimum atomic E-state index is -0.559. The number of fused-ring (bicyclic) bond motifs is 1. The third-order valence-electron chi connectivity index (χ3n) is 8.01. The molecule has 3 aliphatic rings. The number of nitrogens with one attached hydrogen (secondary N) is 1. The Labute approximate surface area is 228 Å². The zero-order valence-corrected chi connectivity index (χ0v) is 23.3. The third-order valence-corrected chi connectivity index (χ3v) is 8.01. The second kappa shape index (κ2) is 10.7. The zero-order chi connectivity index (χ0) is 27.9. The summed E-state index contributed by atoms with van der Waals surface area (Å²) < 4.78 is 22.6. The highest BCUT2D eigenvalue weighted by atomic mass is 19.1. The number of rotatable bonds is 4. The van der Waals surface area contributed by atoms with Gasteiger partial charge in [0.05, 0.1) is 22.8 Å². The van der Waals surface area contributed by atoms with Crippen LogP contribution in [0, 0.1) is 11.7 Å². The fourth-order valence-corrected chi connectivity index (χ4v) is 5.91. The lowest BCUT2D eigenvalue weighted by atomic mass is 9.92. The van der Waals surface area contributed by atoms with E-state index in [0.717, 1.165) is 64.2 Å². The Kier molecular flexibility index (Phi) is 7.54. The predicted octanol–water partition coefficient (Wildman–Crippen LogP) is 3.00. The SMILES string of the molecule is Cn1nc(C2CCC(=O)NC2=O)c2cc(F)c(N3CCN(CC4CCN(C(=O)OC(C)(C)C)CC4)CC3)cc21. The maximum absolute atomic E-state index is 15.4. The fraction of sp³-hybridized carbons (Fsp3) is 0.643. The summed E-state index contributed by atoms with van der Waals surface area (Å²) in [5.74, 6) is -1.01. The second-order valence-electron chi connectivity index (χ2n) is 12.0. The summed E-state index contributed by atoms with van der Waals surface area (Å²) in [5.41, 5.74) is 1.35. The molecule has 0 aliphatic carbocycles. The zero-order valence-electron chi connectivity index (χ0n) is 23.3. The molecule has 3 aliphatic heterocycles. The standard InChI is InChI=1S/C28H39FN6O4/c1-28(2,3)39-27(38)35-9-7-18(8-10-35)17-33-11-13-34(14-12-33)23-16-22-20(15-21(23)29)25(31-32(22)4)19-5-6-24(36)30-26(19)37/h15-16,18-19H,5-14,17H2,1-4H3,(H,30,36,37). The van der Waals surface area contributed by atoms with Gasteiger partial charge in [-0.25, -0.2) is 9.18 Å². The van der Waals surface area contributed by atoms with Gasteiger partial charge in [-0.15, -0.1) is 0 Å². The normalized spacial score (nSPS) is 21.9. The van der Waals surface area contributed by atoms with Crippen molar-refractivity contribution in [2.75, 3.05) is 50.7 Å². The van der Waals surface area contributed by atoms with Crippen molar-refractivity contribution < 1.29 is 23.5 Å². The molecule has 1 unspecified atom stereocenters. The molecular formula is C28H39FN6O4. The number of carbonyl (C=O) groups is 3. The minimum Gasteiger partial charge on any atom is -0.444 e. The van der Waals surface area contributed by atoms with Crippen molar-refractivity contribution in [1.29, 1.82) is 0 Å². The number of hydrogen-bond acceptors (Lipinski definition) is 7. The van der Waals surface area contributed by atoms with Crippen LogP contribution in [0.5, 0.6) is 0 Å². The summed E-state index contributed by atoms with van der Waals surface area (Å²) in [5, 5.41) is 7.53. The van der Waals surface area contributed by atoms with E-state index in [1.165, 1.54) is 6.07 Å². The van der Waals surface area contributed by atoms with E-state index >= 15 is 4.39 Å². The number of likely N-dealkylation sites (tertiary alicyclic amines) is 1. The van der Waals surface area contributed by atoms with Crippen LogP contribution in [0.1, 0.15) is 58.1 Å². The number of imide groups is 1. The molecule has 5 rings (SSSR count). The molecule has 3 saturated heterocycles. The molecule has 1 N–H and O–H groups in total. The third kappa shape index (κ3) is 6.03. The van der Waals surface area contributed by atoms with Crippen molar-refractivity contribution >= 4 is 34.5 Å². The quantitative estimate of drug-likeness (QED) is 0.593. The van der Waals surface area contributed by atoms with Gasteiger partial charge < -0.3 is 14.5 Å². The van der Waals surface area contributed by atoms with Crippen molar-refractivity contribution in [2.45, 2.75) is 58.0 Å². The average molecular weight is 543 g/mol. The number of carbonyl (C=O) groups excluding carboxylic acids is 3. The van der Waals surface area contributed by atoms with Gasteiger partial charge in [0.15, 0.2) is 0 Å². The maximum atomic E-state index is 15.4. The summed E-state index contributed by atoms with van der Waals surface area (Å²) in [7, 11) is 1.80. The van der Waals surface area contributed by atoms with Crippen molar-refractivity contribution in [3.8, 4) is 0 Å². The Hall–Kier alpha value is -3.21. The van der Waals surface area contributed by atoms with Gasteiger partial charge in [0.25, 0.3) is 0 Å². The number of aryl methyl sites for hydroxylation is 1. The van der Waals surface area contributed by atoms with Gasteiger partial charge in [-0.3, -0.25) is 24.5 Å². The molecule has 1 aromatic heterocycles. The maximum Gasteiger partial charge on any atom is 0.410 e. The number of piperazine rings is 1. The van der Waals surface area contributed by atoms with Crippen molar-refractivity contribution in [1.82, 2.24) is 24.9 Å². The van der Waals surface area contributed by atoms with Crippen LogP contribution in [-0.4, -0.2) is 88.9 Å². The number of hydrogen-bond donors (Lipinski definition) is 1. The fourth-order valence-electron chi connectivity index (χ4n) is 5.91. The number of ether oxygens (including phenoxy) is 1. The lowest BCUT2D eigenvalue weighted by Crippen LogP contribution is -2.49. The number of benzene rings is 1. The molecule has 1 atom stereocenters. The second-order valence-corrected chi connectivity index (χ2v) is 12.0. The van der Waals surface area contributed by atoms with E-state index in [0.29, 0.717) is 29.1 Å². The Morgan fingerprint density at radius 2 is 1.77 bits per heavy atom. The molecule has 2 aromatic rings. The summed E-state index contributed by atoms with van der Waals surface area (Å²) in [6, 6.07) is 3.32. The van der Waals surface area contributed by atoms with Crippen LogP contribution >= 0.6 is 0 Å². The first-order valence-corrected chi connectivity index (χ1v) is 13.9. The van der Waals surface area contributed by atoms with Crippen LogP contribution < -0.4 is 10.2 Å². The molecule has 4 heterocycles. The van der Waals surface area contributed by atoms with Crippen LogP contribution in [0.15, 0.2) is 12.1 Å². The van der Waals surface area contributed by atoms with Crippen LogP contribution in [0.4, 0.5) is 14.9 Å². The van der Waals surface area contributed by atoms with E-state index in [4.69, 9.17) is 4.74 Å². The monoisotopic (exact) mass is 542 g/mol. The first kappa shape index (κ1) is 27.4. The van der Waals surface area contributed by atoms with E-state index in [2.05, 4.69) is 20.2 Å². The van der Waals surface area contributed by atoms with Gasteiger partial charge >= 0.3 is 6.09 Å². The van der Waals surface area contributed by atoms with Gasteiger partial charge in [0, 0.05) is 64.7 Å². The molecule has 3 amide bonds. The molecule has 0 radical (unpaired) electrons. The van der Waals surface area contributed by atoms with Gasteiger partial charge in [0.1, 0.15) is 11.4 Å². The molecular weight excluding hydrogens is 503 g/mol. The molecule has 1 aromatic carbocycles. The largest absolute Gasteiger partial charge is 0.444 e. The lowest BCUT2D eigenvalue weighted by Gasteiger charge is -2.39. The smallest absolute Gasteiger partial charge is 0.410 e. The first-order chi connectivity index (χ1) is 18.5. The van der Waals surface area contributed by atoms with E-state index < -0.39 is 11.5 Å².